The normalized spacial score (nSPS) is 17.0. The molecule has 1 aliphatic heterocycles. The molecule has 3 rings (SSSR count). The van der Waals surface area contributed by atoms with E-state index in [9.17, 15) is 0 Å². The summed E-state index contributed by atoms with van der Waals surface area (Å²) in [5, 5.41) is 4.55. The zero-order chi connectivity index (χ0) is 14.7. The molecule has 1 heterocycles. The van der Waals surface area contributed by atoms with Crippen LogP contribution in [0, 0.1) is 0 Å². The fourth-order valence-corrected chi connectivity index (χ4v) is 4.07. The van der Waals surface area contributed by atoms with Crippen LogP contribution in [-0.4, -0.2) is 6.54 Å². The number of nitrogens with one attached hydrogen (secondary N) is 1. The fraction of sp³-hybridized carbons (Fsp3) is 0.333. The summed E-state index contributed by atoms with van der Waals surface area (Å²) in [6.45, 7) is 3.30. The van der Waals surface area contributed by atoms with Crippen molar-refractivity contribution in [2.75, 3.05) is 6.54 Å². The molecule has 3 heteroatoms. The van der Waals surface area contributed by atoms with Gasteiger partial charge in [0, 0.05) is 20.9 Å². The second-order valence-electron chi connectivity index (χ2n) is 5.46. The maximum absolute atomic E-state index is 6.19. The highest BCUT2D eigenvalue weighted by molar-refractivity contribution is 7.99. The Hall–Kier alpha value is -0.960. The van der Waals surface area contributed by atoms with Gasteiger partial charge in [0.15, 0.2) is 0 Å². The number of benzene rings is 2. The van der Waals surface area contributed by atoms with Crippen molar-refractivity contribution in [1.29, 1.82) is 0 Å². The van der Waals surface area contributed by atoms with E-state index in [2.05, 4.69) is 48.6 Å². The van der Waals surface area contributed by atoms with Crippen LogP contribution in [0.5, 0.6) is 0 Å². The van der Waals surface area contributed by atoms with Gasteiger partial charge in [-0.2, -0.15) is 0 Å². The van der Waals surface area contributed by atoms with Gasteiger partial charge in [-0.05, 0) is 54.8 Å². The molecule has 1 N–H and O–H groups in total. The van der Waals surface area contributed by atoms with Crippen molar-refractivity contribution in [2.24, 2.45) is 0 Å². The summed E-state index contributed by atoms with van der Waals surface area (Å²) >= 11 is 8.04. The van der Waals surface area contributed by atoms with E-state index in [0.29, 0.717) is 6.04 Å². The molecule has 0 aliphatic carbocycles. The second-order valence-corrected chi connectivity index (χ2v) is 6.98. The van der Waals surface area contributed by atoms with E-state index >= 15 is 0 Å². The van der Waals surface area contributed by atoms with Gasteiger partial charge in [-0.15, -0.1) is 0 Å². The topological polar surface area (TPSA) is 12.0 Å². The maximum Gasteiger partial charge on any atom is 0.0409 e. The van der Waals surface area contributed by atoms with Gasteiger partial charge < -0.3 is 5.32 Å². The first kappa shape index (κ1) is 15.0. The Kier molecular flexibility index (Phi) is 4.89. The molecule has 1 aliphatic rings. The van der Waals surface area contributed by atoms with Crippen molar-refractivity contribution in [3.05, 3.63) is 58.6 Å². The molecule has 0 bridgehead atoms. The smallest absolute Gasteiger partial charge is 0.0409 e. The third-order valence-electron chi connectivity index (χ3n) is 3.88. The van der Waals surface area contributed by atoms with Gasteiger partial charge in [-0.1, -0.05) is 54.9 Å². The first-order valence-electron chi connectivity index (χ1n) is 7.56. The lowest BCUT2D eigenvalue weighted by atomic mass is 9.98. The van der Waals surface area contributed by atoms with Crippen LogP contribution in [0.4, 0.5) is 0 Å². The van der Waals surface area contributed by atoms with E-state index in [1.807, 2.05) is 17.8 Å². The lowest BCUT2D eigenvalue weighted by Gasteiger charge is -2.19. The van der Waals surface area contributed by atoms with Crippen molar-refractivity contribution >= 4 is 23.4 Å². The highest BCUT2D eigenvalue weighted by Crippen LogP contribution is 2.41. The number of unbranched alkanes of at least 4 members (excludes halogenated alkanes) is 1. The average Bonchev–Trinajstić information content (AvgIpc) is 2.64. The summed E-state index contributed by atoms with van der Waals surface area (Å²) in [4.78, 5) is 2.68. The van der Waals surface area contributed by atoms with Crippen LogP contribution in [0.1, 0.15) is 36.9 Å². The Morgan fingerprint density at radius 2 is 2.05 bits per heavy atom. The molecule has 0 fully saturated rings. The molecular weight excluding hydrogens is 298 g/mol. The Bertz CT molecular complexity index is 626. The highest BCUT2D eigenvalue weighted by Gasteiger charge is 2.22. The molecule has 2 aromatic carbocycles. The van der Waals surface area contributed by atoms with Gasteiger partial charge >= 0.3 is 0 Å². The van der Waals surface area contributed by atoms with Gasteiger partial charge in [-0.3, -0.25) is 0 Å². The van der Waals surface area contributed by atoms with E-state index in [4.69, 9.17) is 11.6 Å². The third-order valence-corrected chi connectivity index (χ3v) is 5.33. The minimum absolute atomic E-state index is 0.375. The molecule has 1 nitrogen and oxygen atoms in total. The molecule has 0 radical (unpaired) electrons. The van der Waals surface area contributed by atoms with Crippen LogP contribution in [0.3, 0.4) is 0 Å². The summed E-state index contributed by atoms with van der Waals surface area (Å²) in [7, 11) is 0. The van der Waals surface area contributed by atoms with Crippen LogP contribution in [0.15, 0.2) is 52.3 Å². The molecule has 21 heavy (non-hydrogen) atoms. The lowest BCUT2D eigenvalue weighted by Crippen LogP contribution is -2.24. The Balaban J connectivity index is 1.95. The molecule has 0 aromatic heterocycles. The molecule has 0 spiro atoms. The summed E-state index contributed by atoms with van der Waals surface area (Å²) in [5.74, 6) is 0. The number of halogens is 1. The lowest BCUT2D eigenvalue weighted by molar-refractivity contribution is 0.511. The predicted octanol–water partition coefficient (Wildman–Crippen LogP) is 5.48. The number of rotatable bonds is 4. The SMILES string of the molecule is CCCCNC1Cc2cc(Cl)ccc2Sc2ccccc21. The van der Waals surface area contributed by atoms with E-state index < -0.39 is 0 Å². The third kappa shape index (κ3) is 3.45. The summed E-state index contributed by atoms with van der Waals surface area (Å²) in [6.07, 6.45) is 3.44. The Morgan fingerprint density at radius 3 is 2.90 bits per heavy atom. The van der Waals surface area contributed by atoms with Crippen LogP contribution in [-0.2, 0) is 6.42 Å². The van der Waals surface area contributed by atoms with Gasteiger partial charge in [0.25, 0.3) is 0 Å². The molecule has 0 saturated heterocycles. The first-order valence-corrected chi connectivity index (χ1v) is 8.76. The molecule has 0 amide bonds. The van der Waals surface area contributed by atoms with Crippen molar-refractivity contribution in [3.8, 4) is 0 Å². The molecule has 110 valence electrons. The molecule has 0 saturated carbocycles. The van der Waals surface area contributed by atoms with Crippen LogP contribution in [0.2, 0.25) is 5.02 Å². The van der Waals surface area contributed by atoms with Crippen molar-refractivity contribution in [2.45, 2.75) is 42.0 Å². The van der Waals surface area contributed by atoms with Crippen LogP contribution < -0.4 is 5.32 Å². The van der Waals surface area contributed by atoms with Gasteiger partial charge in [0.2, 0.25) is 0 Å². The summed E-state index contributed by atoms with van der Waals surface area (Å²) in [6, 6.07) is 15.4. The fourth-order valence-electron chi connectivity index (χ4n) is 2.75. The predicted molar refractivity (Wildman–Crippen MR) is 91.4 cm³/mol. The minimum Gasteiger partial charge on any atom is -0.310 e. The van der Waals surface area contributed by atoms with E-state index in [-0.39, 0.29) is 0 Å². The Morgan fingerprint density at radius 1 is 1.19 bits per heavy atom. The number of hydrogen-bond donors (Lipinski definition) is 1. The van der Waals surface area contributed by atoms with Crippen molar-refractivity contribution < 1.29 is 0 Å². The van der Waals surface area contributed by atoms with E-state index in [0.717, 1.165) is 18.0 Å². The van der Waals surface area contributed by atoms with Crippen LogP contribution >= 0.6 is 23.4 Å². The highest BCUT2D eigenvalue weighted by atomic mass is 35.5. The zero-order valence-electron chi connectivity index (χ0n) is 12.2. The van der Waals surface area contributed by atoms with E-state index in [1.165, 1.54) is 33.8 Å². The summed E-state index contributed by atoms with van der Waals surface area (Å²) in [5.41, 5.74) is 2.75. The van der Waals surface area contributed by atoms with Crippen molar-refractivity contribution in [1.82, 2.24) is 5.32 Å². The molecule has 2 aromatic rings. The molecule has 1 unspecified atom stereocenters. The maximum atomic E-state index is 6.19. The second kappa shape index (κ2) is 6.87. The average molecular weight is 318 g/mol. The van der Waals surface area contributed by atoms with Crippen molar-refractivity contribution in [3.63, 3.8) is 0 Å². The number of hydrogen-bond acceptors (Lipinski definition) is 2. The number of fused-ring (bicyclic) bond motifs is 2. The monoisotopic (exact) mass is 317 g/mol. The van der Waals surface area contributed by atoms with E-state index in [1.54, 1.807) is 0 Å². The minimum atomic E-state index is 0.375. The molecule has 1 atom stereocenters. The zero-order valence-corrected chi connectivity index (χ0v) is 13.8. The van der Waals surface area contributed by atoms with Crippen LogP contribution in [0.25, 0.3) is 0 Å². The standard InChI is InChI=1S/C18H20ClNS/c1-2-3-10-20-16-12-13-11-14(19)8-9-17(13)21-18-7-5-4-6-15(16)18/h4-9,11,16,20H,2-3,10,12H2,1H3. The van der Waals surface area contributed by atoms with Gasteiger partial charge in [0.1, 0.15) is 0 Å². The van der Waals surface area contributed by atoms with Gasteiger partial charge in [0.05, 0.1) is 0 Å². The summed E-state index contributed by atoms with van der Waals surface area (Å²) < 4.78 is 0. The molecular formula is C18H20ClNS. The first-order chi connectivity index (χ1) is 10.3. The quantitative estimate of drug-likeness (QED) is 0.749. The Labute approximate surface area is 136 Å². The largest absolute Gasteiger partial charge is 0.310 e. The van der Waals surface area contributed by atoms with Gasteiger partial charge in [-0.25, -0.2) is 0 Å².